The van der Waals surface area contributed by atoms with E-state index in [-0.39, 0.29) is 0 Å². The van der Waals surface area contributed by atoms with Crippen LogP contribution in [0.15, 0.2) is 0 Å². The summed E-state index contributed by atoms with van der Waals surface area (Å²) < 4.78 is 0. The summed E-state index contributed by atoms with van der Waals surface area (Å²) in [5, 5.41) is 8.86. The molecule has 0 aromatic heterocycles. The highest BCUT2D eigenvalue weighted by Gasteiger charge is 2.26. The lowest BCUT2D eigenvalue weighted by Gasteiger charge is -2.11. The molecule has 0 amide bonds. The van der Waals surface area contributed by atoms with Crippen LogP contribution in [0.3, 0.4) is 0 Å². The van der Waals surface area contributed by atoms with Crippen LogP contribution in [-0.4, -0.2) is 10.8 Å². The van der Waals surface area contributed by atoms with Crippen molar-refractivity contribution in [3.8, 4) is 0 Å². The first-order valence-corrected chi connectivity index (χ1v) is 2.68. The molecule has 41 valence electrons. The highest BCUT2D eigenvalue weighted by Crippen LogP contribution is 2.25. The summed E-state index contributed by atoms with van der Waals surface area (Å²) in [7, 11) is 0. The fraction of sp³-hybridized carbons (Fsp3) is 1.00. The van der Waals surface area contributed by atoms with Crippen molar-refractivity contribution in [1.82, 2.24) is 5.73 Å². The minimum Gasteiger partial charge on any atom is -0.375 e. The first-order valence-electron chi connectivity index (χ1n) is 2.68. The molecule has 1 aliphatic carbocycles. The first kappa shape index (κ1) is 5.06. The Morgan fingerprint density at radius 3 is 1.86 bits per heavy atom. The van der Waals surface area contributed by atoms with Crippen LogP contribution in [0.25, 0.3) is 0 Å². The number of aliphatic hydroxyl groups is 1. The van der Waals surface area contributed by atoms with E-state index in [9.17, 15) is 0 Å². The Morgan fingerprint density at radius 1 is 1.29 bits per heavy atom. The molecule has 0 heterocycles. The van der Waals surface area contributed by atoms with Crippen molar-refractivity contribution in [1.29, 1.82) is 0 Å². The second kappa shape index (κ2) is 1.46. The Kier molecular flexibility index (Phi) is 1.05. The summed E-state index contributed by atoms with van der Waals surface area (Å²) in [5.74, 6) is 0. The zero-order valence-electron chi connectivity index (χ0n) is 4.28. The summed E-state index contributed by atoms with van der Waals surface area (Å²) in [4.78, 5) is 0. The maximum absolute atomic E-state index is 8.86. The highest BCUT2D eigenvalue weighted by molar-refractivity contribution is 4.75. The van der Waals surface area contributed by atoms with Gasteiger partial charge in [-0.2, -0.15) is 0 Å². The Labute approximate surface area is 43.3 Å². The predicted molar refractivity (Wildman–Crippen MR) is 26.5 cm³/mol. The highest BCUT2D eigenvalue weighted by atomic mass is 16.3. The van der Waals surface area contributed by atoms with E-state index >= 15 is 0 Å². The Morgan fingerprint density at radius 2 is 1.71 bits per heavy atom. The average Bonchev–Trinajstić information content (AvgIpc) is 1.84. The standard InChI is InChI=1S/C5H10NO/c6-5(7)3-1-2-4-5/h6-7H,1-4H2. The van der Waals surface area contributed by atoms with Crippen molar-refractivity contribution >= 4 is 0 Å². The van der Waals surface area contributed by atoms with E-state index < -0.39 is 5.72 Å². The molecule has 0 spiro atoms. The third-order valence-corrected chi connectivity index (χ3v) is 1.43. The summed E-state index contributed by atoms with van der Waals surface area (Å²) in [5.41, 5.74) is 5.99. The maximum Gasteiger partial charge on any atom is 0.128 e. The van der Waals surface area contributed by atoms with Crippen LogP contribution in [0.1, 0.15) is 25.7 Å². The number of hydrogen-bond acceptors (Lipinski definition) is 1. The molecule has 0 aromatic rings. The van der Waals surface area contributed by atoms with Gasteiger partial charge in [0.05, 0.1) is 0 Å². The van der Waals surface area contributed by atoms with Crippen LogP contribution in [0.2, 0.25) is 0 Å². The fourth-order valence-electron chi connectivity index (χ4n) is 0.960. The zero-order valence-corrected chi connectivity index (χ0v) is 4.28. The molecule has 1 fully saturated rings. The molecule has 0 aliphatic heterocycles. The zero-order chi connectivity index (χ0) is 5.33. The normalized spacial score (nSPS) is 28.3. The largest absolute Gasteiger partial charge is 0.375 e. The van der Waals surface area contributed by atoms with E-state index in [4.69, 9.17) is 10.8 Å². The van der Waals surface area contributed by atoms with Crippen molar-refractivity contribution < 1.29 is 5.11 Å². The Hall–Kier alpha value is -0.0800. The van der Waals surface area contributed by atoms with Gasteiger partial charge in [0.25, 0.3) is 0 Å². The van der Waals surface area contributed by atoms with Crippen LogP contribution in [0.5, 0.6) is 0 Å². The Balaban J connectivity index is 2.40. The third kappa shape index (κ3) is 1.14. The third-order valence-electron chi connectivity index (χ3n) is 1.43. The second-order valence-electron chi connectivity index (χ2n) is 2.24. The van der Waals surface area contributed by atoms with Gasteiger partial charge in [0, 0.05) is 0 Å². The topological polar surface area (TPSA) is 44.0 Å². The molecule has 1 rings (SSSR count). The molecule has 0 atom stereocenters. The molecule has 0 saturated heterocycles. The smallest absolute Gasteiger partial charge is 0.128 e. The summed E-state index contributed by atoms with van der Waals surface area (Å²) in [6, 6.07) is 0. The van der Waals surface area contributed by atoms with Gasteiger partial charge < -0.3 is 5.11 Å². The SMILES string of the molecule is [NH]C1(O)CCCC1. The maximum atomic E-state index is 8.86. The second-order valence-corrected chi connectivity index (χ2v) is 2.24. The van der Waals surface area contributed by atoms with Crippen LogP contribution >= 0.6 is 0 Å². The van der Waals surface area contributed by atoms with Crippen LogP contribution < -0.4 is 5.73 Å². The molecule has 1 saturated carbocycles. The van der Waals surface area contributed by atoms with E-state index in [0.717, 1.165) is 12.8 Å². The van der Waals surface area contributed by atoms with Gasteiger partial charge in [0.2, 0.25) is 0 Å². The molecule has 2 N–H and O–H groups in total. The van der Waals surface area contributed by atoms with E-state index in [0.29, 0.717) is 12.8 Å². The Bertz CT molecular complexity index is 62.5. The van der Waals surface area contributed by atoms with Crippen molar-refractivity contribution in [3.05, 3.63) is 0 Å². The van der Waals surface area contributed by atoms with E-state index in [1.54, 1.807) is 0 Å². The number of hydrogen-bond donors (Lipinski definition) is 1. The quantitative estimate of drug-likeness (QED) is 0.474. The summed E-state index contributed by atoms with van der Waals surface area (Å²) in [6.07, 6.45) is 3.40. The lowest BCUT2D eigenvalue weighted by molar-refractivity contribution is 0.0466. The van der Waals surface area contributed by atoms with Gasteiger partial charge in [-0.15, -0.1) is 0 Å². The van der Waals surface area contributed by atoms with Gasteiger partial charge >= 0.3 is 0 Å². The lowest BCUT2D eigenvalue weighted by Crippen LogP contribution is -2.24. The average molecular weight is 100 g/mol. The molecule has 0 aromatic carbocycles. The van der Waals surface area contributed by atoms with E-state index in [1.165, 1.54) is 0 Å². The van der Waals surface area contributed by atoms with Gasteiger partial charge in [-0.1, -0.05) is 0 Å². The molecule has 1 aliphatic rings. The van der Waals surface area contributed by atoms with Crippen LogP contribution in [0, 0.1) is 0 Å². The van der Waals surface area contributed by atoms with Gasteiger partial charge in [-0.05, 0) is 25.7 Å². The lowest BCUT2D eigenvalue weighted by atomic mass is 10.2. The van der Waals surface area contributed by atoms with Crippen LogP contribution in [0.4, 0.5) is 0 Å². The summed E-state index contributed by atoms with van der Waals surface area (Å²) >= 11 is 0. The monoisotopic (exact) mass is 100 g/mol. The molecule has 7 heavy (non-hydrogen) atoms. The van der Waals surface area contributed by atoms with Gasteiger partial charge in [-0.25, -0.2) is 5.73 Å². The van der Waals surface area contributed by atoms with Crippen LogP contribution in [-0.2, 0) is 0 Å². The molecule has 2 heteroatoms. The number of rotatable bonds is 0. The molecular formula is C5H10NO. The van der Waals surface area contributed by atoms with Crippen molar-refractivity contribution in [3.63, 3.8) is 0 Å². The molecular weight excluding hydrogens is 90.1 g/mol. The van der Waals surface area contributed by atoms with Gasteiger partial charge in [0.1, 0.15) is 5.72 Å². The van der Waals surface area contributed by atoms with Crippen molar-refractivity contribution in [2.45, 2.75) is 31.4 Å². The summed E-state index contributed by atoms with van der Waals surface area (Å²) in [6.45, 7) is 0. The van der Waals surface area contributed by atoms with E-state index in [1.807, 2.05) is 0 Å². The van der Waals surface area contributed by atoms with Crippen molar-refractivity contribution in [2.75, 3.05) is 0 Å². The molecule has 0 bridgehead atoms. The van der Waals surface area contributed by atoms with Gasteiger partial charge in [0.15, 0.2) is 0 Å². The van der Waals surface area contributed by atoms with Gasteiger partial charge in [-0.3, -0.25) is 0 Å². The number of nitrogens with one attached hydrogen (secondary N) is 1. The first-order chi connectivity index (χ1) is 3.21. The van der Waals surface area contributed by atoms with Crippen molar-refractivity contribution in [2.24, 2.45) is 0 Å². The molecule has 2 nitrogen and oxygen atoms in total. The predicted octanol–water partition coefficient (Wildman–Crippen LogP) is 0.532. The molecule has 0 unspecified atom stereocenters. The minimum absolute atomic E-state index is 0.674. The van der Waals surface area contributed by atoms with E-state index in [2.05, 4.69) is 0 Å². The fourth-order valence-corrected chi connectivity index (χ4v) is 0.960. The minimum atomic E-state index is -1.06. The molecule has 1 radical (unpaired) electrons.